The number of hydrogen-bond acceptors (Lipinski definition) is 2. The standard InChI is InChI=1S/C19H13ClO2/c1-12-2-4-13(5-3-12)19(22)18-15(11-21)7-6-14-10-16(20)8-9-17(14)18/h2-11H,1H3. The highest BCUT2D eigenvalue weighted by Gasteiger charge is 2.17. The SMILES string of the molecule is Cc1ccc(C(=O)c2c(C=O)ccc3cc(Cl)ccc23)cc1. The number of fused-ring (bicyclic) bond motifs is 1. The lowest BCUT2D eigenvalue weighted by Crippen LogP contribution is -2.06. The molecule has 108 valence electrons. The van der Waals surface area contributed by atoms with Gasteiger partial charge in [0.2, 0.25) is 0 Å². The first kappa shape index (κ1) is 14.5. The summed E-state index contributed by atoms with van der Waals surface area (Å²) >= 11 is 6.00. The van der Waals surface area contributed by atoms with Crippen molar-refractivity contribution in [3.05, 3.63) is 81.9 Å². The third kappa shape index (κ3) is 2.53. The molecule has 22 heavy (non-hydrogen) atoms. The quantitative estimate of drug-likeness (QED) is 0.512. The maximum atomic E-state index is 12.8. The monoisotopic (exact) mass is 308 g/mol. The number of carbonyl (C=O) groups excluding carboxylic acids is 2. The van der Waals surface area contributed by atoms with E-state index in [0.29, 0.717) is 21.7 Å². The van der Waals surface area contributed by atoms with Crippen molar-refractivity contribution in [2.75, 3.05) is 0 Å². The van der Waals surface area contributed by atoms with Gasteiger partial charge < -0.3 is 0 Å². The van der Waals surface area contributed by atoms with Crippen LogP contribution in [0.1, 0.15) is 31.8 Å². The molecule has 3 rings (SSSR count). The second kappa shape index (κ2) is 5.74. The fourth-order valence-corrected chi connectivity index (χ4v) is 2.70. The molecule has 0 N–H and O–H groups in total. The van der Waals surface area contributed by atoms with Gasteiger partial charge in [0.1, 0.15) is 0 Å². The molecule has 3 aromatic carbocycles. The van der Waals surface area contributed by atoms with Gasteiger partial charge in [-0.2, -0.15) is 0 Å². The summed E-state index contributed by atoms with van der Waals surface area (Å²) in [5, 5.41) is 2.17. The number of benzene rings is 3. The van der Waals surface area contributed by atoms with Crippen LogP contribution in [0, 0.1) is 6.92 Å². The Balaban J connectivity index is 2.25. The molecule has 0 unspecified atom stereocenters. The number of aldehydes is 1. The van der Waals surface area contributed by atoms with Gasteiger partial charge in [-0.15, -0.1) is 0 Å². The van der Waals surface area contributed by atoms with Crippen molar-refractivity contribution >= 4 is 34.4 Å². The van der Waals surface area contributed by atoms with Crippen molar-refractivity contribution in [1.29, 1.82) is 0 Å². The molecule has 0 spiro atoms. The summed E-state index contributed by atoms with van der Waals surface area (Å²) < 4.78 is 0. The van der Waals surface area contributed by atoms with Gasteiger partial charge in [-0.05, 0) is 29.8 Å². The molecular weight excluding hydrogens is 296 g/mol. The molecule has 0 aliphatic rings. The molecule has 0 fully saturated rings. The molecule has 2 nitrogen and oxygen atoms in total. The lowest BCUT2D eigenvalue weighted by atomic mass is 9.93. The Morgan fingerprint density at radius 3 is 2.41 bits per heavy atom. The van der Waals surface area contributed by atoms with Crippen LogP contribution in [0.5, 0.6) is 0 Å². The van der Waals surface area contributed by atoms with E-state index < -0.39 is 0 Å². The lowest BCUT2D eigenvalue weighted by molar-refractivity contribution is 0.103. The van der Waals surface area contributed by atoms with Crippen molar-refractivity contribution in [2.45, 2.75) is 6.92 Å². The molecule has 0 bridgehead atoms. The fourth-order valence-electron chi connectivity index (χ4n) is 2.52. The molecule has 0 atom stereocenters. The number of carbonyl (C=O) groups is 2. The van der Waals surface area contributed by atoms with Crippen molar-refractivity contribution in [3.8, 4) is 0 Å². The number of halogens is 1. The maximum absolute atomic E-state index is 12.8. The van der Waals surface area contributed by atoms with Crippen molar-refractivity contribution in [3.63, 3.8) is 0 Å². The minimum atomic E-state index is -0.157. The third-order valence-corrected chi connectivity index (χ3v) is 3.92. The van der Waals surface area contributed by atoms with Crippen molar-refractivity contribution in [2.24, 2.45) is 0 Å². The minimum absolute atomic E-state index is 0.157. The summed E-state index contributed by atoms with van der Waals surface area (Å²) in [6.07, 6.45) is 0.718. The summed E-state index contributed by atoms with van der Waals surface area (Å²) in [4.78, 5) is 24.2. The van der Waals surface area contributed by atoms with Crippen LogP contribution in [-0.4, -0.2) is 12.1 Å². The number of aryl methyl sites for hydroxylation is 1. The zero-order chi connectivity index (χ0) is 15.7. The van der Waals surface area contributed by atoms with E-state index in [9.17, 15) is 9.59 Å². The van der Waals surface area contributed by atoms with Crippen LogP contribution in [0.4, 0.5) is 0 Å². The van der Waals surface area contributed by atoms with E-state index in [2.05, 4.69) is 0 Å². The predicted molar refractivity (Wildman–Crippen MR) is 89.0 cm³/mol. The second-order valence-electron chi connectivity index (χ2n) is 5.21. The smallest absolute Gasteiger partial charge is 0.194 e. The molecule has 3 heteroatoms. The largest absolute Gasteiger partial charge is 0.298 e. The second-order valence-corrected chi connectivity index (χ2v) is 5.64. The zero-order valence-corrected chi connectivity index (χ0v) is 12.7. The van der Waals surface area contributed by atoms with Crippen LogP contribution in [-0.2, 0) is 0 Å². The van der Waals surface area contributed by atoms with E-state index in [0.717, 1.165) is 22.6 Å². The predicted octanol–water partition coefficient (Wildman–Crippen LogP) is 4.85. The Morgan fingerprint density at radius 1 is 1.00 bits per heavy atom. The average molecular weight is 309 g/mol. The van der Waals surface area contributed by atoms with E-state index in [1.807, 2.05) is 19.1 Å². The Morgan fingerprint density at radius 2 is 1.73 bits per heavy atom. The Labute approximate surface area is 133 Å². The van der Waals surface area contributed by atoms with Crippen molar-refractivity contribution in [1.82, 2.24) is 0 Å². The summed E-state index contributed by atoms with van der Waals surface area (Å²) in [5.74, 6) is -0.157. The van der Waals surface area contributed by atoms with Gasteiger partial charge in [0.15, 0.2) is 12.1 Å². The van der Waals surface area contributed by atoms with Crippen LogP contribution >= 0.6 is 11.6 Å². The molecule has 0 saturated carbocycles. The molecule has 0 aliphatic carbocycles. The number of ketones is 1. The summed E-state index contributed by atoms with van der Waals surface area (Å²) in [7, 11) is 0. The highest BCUT2D eigenvalue weighted by atomic mass is 35.5. The first-order valence-corrected chi connectivity index (χ1v) is 7.27. The minimum Gasteiger partial charge on any atom is -0.298 e. The van der Waals surface area contributed by atoms with Gasteiger partial charge in [0, 0.05) is 21.7 Å². The van der Waals surface area contributed by atoms with Gasteiger partial charge >= 0.3 is 0 Å². The Bertz CT molecular complexity index is 880. The van der Waals surface area contributed by atoms with Gasteiger partial charge in [0.25, 0.3) is 0 Å². The van der Waals surface area contributed by atoms with Gasteiger partial charge in [-0.1, -0.05) is 59.6 Å². The highest BCUT2D eigenvalue weighted by Crippen LogP contribution is 2.27. The Kier molecular flexibility index (Phi) is 3.78. The van der Waals surface area contributed by atoms with Crippen LogP contribution < -0.4 is 0 Å². The molecule has 0 radical (unpaired) electrons. The first-order valence-electron chi connectivity index (χ1n) is 6.89. The summed E-state index contributed by atoms with van der Waals surface area (Å²) in [6, 6.07) is 16.1. The molecule has 0 amide bonds. The molecular formula is C19H13ClO2. The van der Waals surface area contributed by atoms with E-state index >= 15 is 0 Å². The fraction of sp³-hybridized carbons (Fsp3) is 0.0526. The number of hydrogen-bond donors (Lipinski definition) is 0. The van der Waals surface area contributed by atoms with E-state index in [4.69, 9.17) is 11.6 Å². The van der Waals surface area contributed by atoms with Crippen molar-refractivity contribution < 1.29 is 9.59 Å². The molecule has 0 aliphatic heterocycles. The molecule has 0 heterocycles. The number of rotatable bonds is 3. The zero-order valence-electron chi connectivity index (χ0n) is 12.0. The highest BCUT2D eigenvalue weighted by molar-refractivity contribution is 6.31. The van der Waals surface area contributed by atoms with Crippen LogP contribution in [0.2, 0.25) is 5.02 Å². The van der Waals surface area contributed by atoms with Crippen LogP contribution in [0.3, 0.4) is 0 Å². The van der Waals surface area contributed by atoms with Crippen LogP contribution in [0.25, 0.3) is 10.8 Å². The maximum Gasteiger partial charge on any atom is 0.194 e. The molecule has 0 saturated heterocycles. The summed E-state index contributed by atoms with van der Waals surface area (Å²) in [5.41, 5.74) is 2.46. The molecule has 0 aromatic heterocycles. The van der Waals surface area contributed by atoms with E-state index in [1.165, 1.54) is 0 Å². The lowest BCUT2D eigenvalue weighted by Gasteiger charge is -2.09. The third-order valence-electron chi connectivity index (χ3n) is 3.68. The van der Waals surface area contributed by atoms with Crippen LogP contribution in [0.15, 0.2) is 54.6 Å². The van der Waals surface area contributed by atoms with E-state index in [1.54, 1.807) is 42.5 Å². The topological polar surface area (TPSA) is 34.1 Å². The van der Waals surface area contributed by atoms with Gasteiger partial charge in [-0.25, -0.2) is 0 Å². The van der Waals surface area contributed by atoms with Gasteiger partial charge in [-0.3, -0.25) is 9.59 Å². The Hall–Kier alpha value is -2.45. The van der Waals surface area contributed by atoms with E-state index in [-0.39, 0.29) is 5.78 Å². The first-order chi connectivity index (χ1) is 10.6. The normalized spacial score (nSPS) is 10.6. The summed E-state index contributed by atoms with van der Waals surface area (Å²) in [6.45, 7) is 1.96. The molecule has 3 aromatic rings. The van der Waals surface area contributed by atoms with Gasteiger partial charge in [0.05, 0.1) is 0 Å². The average Bonchev–Trinajstić information content (AvgIpc) is 2.53.